The number of anilines is 1. The van der Waals surface area contributed by atoms with E-state index in [2.05, 4.69) is 5.32 Å². The minimum atomic E-state index is -1.51. The molecule has 8 nitrogen and oxygen atoms in total. The second kappa shape index (κ2) is 9.53. The fourth-order valence-corrected chi connectivity index (χ4v) is 6.68. The van der Waals surface area contributed by atoms with E-state index in [1.807, 2.05) is 43.6 Å². The van der Waals surface area contributed by atoms with Crippen LogP contribution in [0.3, 0.4) is 0 Å². The Morgan fingerprint density at radius 1 is 1.17 bits per heavy atom. The van der Waals surface area contributed by atoms with Crippen molar-refractivity contribution in [3.8, 4) is 11.4 Å². The molecule has 3 aromatic rings. The van der Waals surface area contributed by atoms with Gasteiger partial charge >= 0.3 is 0 Å². The van der Waals surface area contributed by atoms with Gasteiger partial charge in [-0.25, -0.2) is 0 Å². The van der Waals surface area contributed by atoms with E-state index in [9.17, 15) is 14.4 Å². The first-order chi connectivity index (χ1) is 19.5. The van der Waals surface area contributed by atoms with Gasteiger partial charge in [-0.05, 0) is 61.2 Å². The highest BCUT2D eigenvalue weighted by Crippen LogP contribution is 2.56. The van der Waals surface area contributed by atoms with Crippen molar-refractivity contribution in [3.63, 3.8) is 0 Å². The number of nitrogens with two attached hydrogens (primary N) is 1. The standard InChI is InChI=1S/C31H28Cl2N4O4/c1-15(2)27-26-20(14-36(27)24-11-17(28(34)38)6-10-25(24)41-4)29(39)37(23-13-19(33)7-5-16(23)3)31(26)21-9-8-18(32)12-22(21)35-30(31)40/h5-7,9-15,18H,8H2,1-4H3,(H2,34,38)(H,35,40)/t18?,31-/m0/s1. The van der Waals surface area contributed by atoms with Crippen molar-refractivity contribution in [2.75, 3.05) is 12.0 Å². The van der Waals surface area contributed by atoms with Gasteiger partial charge in [0.15, 0.2) is 5.54 Å². The molecule has 1 saturated heterocycles. The van der Waals surface area contributed by atoms with Crippen LogP contribution in [0.2, 0.25) is 5.02 Å². The van der Waals surface area contributed by atoms with Gasteiger partial charge in [-0.3, -0.25) is 19.3 Å². The van der Waals surface area contributed by atoms with Crippen LogP contribution in [0.4, 0.5) is 5.69 Å². The van der Waals surface area contributed by atoms with Gasteiger partial charge in [0.05, 0.1) is 29.4 Å². The fourth-order valence-electron chi connectivity index (χ4n) is 6.30. The van der Waals surface area contributed by atoms with Crippen molar-refractivity contribution < 1.29 is 19.1 Å². The Morgan fingerprint density at radius 3 is 2.61 bits per heavy atom. The largest absolute Gasteiger partial charge is 0.495 e. The number of primary amides is 1. The highest BCUT2D eigenvalue weighted by atomic mass is 35.5. The van der Waals surface area contributed by atoms with Crippen molar-refractivity contribution in [2.45, 2.75) is 44.0 Å². The summed E-state index contributed by atoms with van der Waals surface area (Å²) in [6, 6.07) is 10.2. The molecule has 1 spiro atoms. The predicted molar refractivity (Wildman–Crippen MR) is 158 cm³/mol. The normalized spacial score (nSPS) is 21.1. The van der Waals surface area contributed by atoms with Crippen molar-refractivity contribution >= 4 is 46.6 Å². The SMILES string of the molecule is COc1ccc(C(N)=O)cc1-n1cc2c(c1C(C)C)[C@@]1(C(=O)NC3=CC(Cl)CC=C31)N(c1cc(Cl)ccc1C)C2=O. The van der Waals surface area contributed by atoms with Gasteiger partial charge in [-0.2, -0.15) is 0 Å². The maximum absolute atomic E-state index is 14.6. The number of halogens is 2. The molecule has 2 aromatic carbocycles. The number of hydrogen-bond acceptors (Lipinski definition) is 4. The van der Waals surface area contributed by atoms with E-state index in [1.165, 1.54) is 7.11 Å². The number of carbonyl (C=O) groups is 3. The summed E-state index contributed by atoms with van der Waals surface area (Å²) in [5.41, 5.74) is 9.17. The summed E-state index contributed by atoms with van der Waals surface area (Å²) in [5.74, 6) is -0.974. The molecule has 6 rings (SSSR count). The zero-order chi connectivity index (χ0) is 29.4. The van der Waals surface area contributed by atoms with Gasteiger partial charge in [0.2, 0.25) is 5.91 Å². The smallest absolute Gasteiger partial charge is 0.261 e. The molecule has 0 radical (unpaired) electrons. The quantitative estimate of drug-likeness (QED) is 0.384. The topological polar surface area (TPSA) is 107 Å². The summed E-state index contributed by atoms with van der Waals surface area (Å²) in [7, 11) is 1.53. The maximum Gasteiger partial charge on any atom is 0.261 e. The van der Waals surface area contributed by atoms with E-state index >= 15 is 0 Å². The molecule has 3 aliphatic rings. The number of aromatic nitrogens is 1. The molecular weight excluding hydrogens is 563 g/mol. The van der Waals surface area contributed by atoms with Crippen LogP contribution in [0.5, 0.6) is 5.75 Å². The molecule has 0 bridgehead atoms. The number of carbonyl (C=O) groups excluding carboxylic acids is 3. The van der Waals surface area contributed by atoms with E-state index in [-0.39, 0.29) is 28.7 Å². The van der Waals surface area contributed by atoms with E-state index in [4.69, 9.17) is 33.7 Å². The van der Waals surface area contributed by atoms with Crippen molar-refractivity contribution in [1.82, 2.24) is 9.88 Å². The average molecular weight is 591 g/mol. The summed E-state index contributed by atoms with van der Waals surface area (Å²) in [6.07, 6.45) is 5.98. The minimum absolute atomic E-state index is 0.156. The number of nitrogens with one attached hydrogen (secondary N) is 1. The van der Waals surface area contributed by atoms with E-state index in [0.29, 0.717) is 51.0 Å². The predicted octanol–water partition coefficient (Wildman–Crippen LogP) is 5.48. The number of fused-ring (bicyclic) bond motifs is 4. The van der Waals surface area contributed by atoms with E-state index < -0.39 is 11.4 Å². The number of amides is 3. The van der Waals surface area contributed by atoms with E-state index in [0.717, 1.165) is 11.3 Å². The van der Waals surface area contributed by atoms with Gasteiger partial charge in [-0.1, -0.05) is 37.6 Å². The number of alkyl halides is 1. The lowest BCUT2D eigenvalue weighted by Crippen LogP contribution is -2.51. The lowest BCUT2D eigenvalue weighted by Gasteiger charge is -2.37. The highest BCUT2D eigenvalue weighted by molar-refractivity contribution is 6.31. The number of rotatable bonds is 5. The molecule has 1 unspecified atom stereocenters. The highest BCUT2D eigenvalue weighted by Gasteiger charge is 2.64. The van der Waals surface area contributed by atoms with Crippen molar-refractivity contribution in [1.29, 1.82) is 0 Å². The van der Waals surface area contributed by atoms with Gasteiger partial charge < -0.3 is 20.4 Å². The number of nitrogens with zero attached hydrogens (tertiary/aromatic N) is 2. The second-order valence-corrected chi connectivity index (χ2v) is 11.8. The Bertz CT molecular complexity index is 1740. The number of benzene rings is 2. The molecular formula is C31H28Cl2N4O4. The first-order valence-electron chi connectivity index (χ1n) is 13.2. The van der Waals surface area contributed by atoms with Crippen LogP contribution in [0.25, 0.3) is 5.69 Å². The first kappa shape index (κ1) is 27.2. The molecule has 1 fully saturated rings. The zero-order valence-electron chi connectivity index (χ0n) is 22.9. The van der Waals surface area contributed by atoms with Gasteiger partial charge in [-0.15, -0.1) is 11.6 Å². The van der Waals surface area contributed by atoms with Crippen LogP contribution < -0.4 is 20.7 Å². The third-order valence-corrected chi connectivity index (χ3v) is 8.55. The number of ether oxygens (including phenoxy) is 1. The van der Waals surface area contributed by atoms with Crippen LogP contribution in [-0.4, -0.2) is 34.8 Å². The Balaban J connectivity index is 1.72. The summed E-state index contributed by atoms with van der Waals surface area (Å²) in [4.78, 5) is 42.6. The van der Waals surface area contributed by atoms with Crippen molar-refractivity contribution in [3.05, 3.63) is 99.0 Å². The number of methoxy groups -OCH3 is 1. The summed E-state index contributed by atoms with van der Waals surface area (Å²) in [5, 5.41) is 3.17. The van der Waals surface area contributed by atoms with Gasteiger partial charge in [0, 0.05) is 39.3 Å². The minimum Gasteiger partial charge on any atom is -0.495 e. The zero-order valence-corrected chi connectivity index (χ0v) is 24.4. The van der Waals surface area contributed by atoms with Crippen LogP contribution in [0.1, 0.15) is 63.7 Å². The van der Waals surface area contributed by atoms with Crippen LogP contribution in [-0.2, 0) is 10.3 Å². The maximum atomic E-state index is 14.6. The Kier molecular flexibility index (Phi) is 6.32. The Labute approximate surface area is 247 Å². The molecule has 0 saturated carbocycles. The Hall–Kier alpha value is -4.01. The molecule has 2 atom stereocenters. The number of hydrogen-bond donors (Lipinski definition) is 2. The molecule has 41 heavy (non-hydrogen) atoms. The first-order valence-corrected chi connectivity index (χ1v) is 14.0. The molecule has 210 valence electrons. The number of allylic oxidation sites excluding steroid dienone is 2. The van der Waals surface area contributed by atoms with E-state index in [1.54, 1.807) is 41.4 Å². The van der Waals surface area contributed by atoms with Gasteiger partial charge in [0.25, 0.3) is 11.8 Å². The summed E-state index contributed by atoms with van der Waals surface area (Å²) >= 11 is 12.9. The lowest BCUT2D eigenvalue weighted by molar-refractivity contribution is -0.122. The monoisotopic (exact) mass is 590 g/mol. The fraction of sp³-hybridized carbons (Fsp3) is 0.258. The molecule has 3 heterocycles. The third-order valence-electron chi connectivity index (χ3n) is 8.01. The molecule has 3 amide bonds. The third kappa shape index (κ3) is 3.77. The lowest BCUT2D eigenvalue weighted by atomic mass is 9.79. The number of aryl methyl sites for hydroxylation is 1. The Morgan fingerprint density at radius 2 is 1.93 bits per heavy atom. The van der Waals surface area contributed by atoms with Crippen molar-refractivity contribution in [2.24, 2.45) is 5.73 Å². The van der Waals surface area contributed by atoms with Crippen LogP contribution in [0.15, 0.2) is 66.0 Å². The summed E-state index contributed by atoms with van der Waals surface area (Å²) in [6.45, 7) is 5.87. The summed E-state index contributed by atoms with van der Waals surface area (Å²) < 4.78 is 7.49. The molecule has 3 N–H and O–H groups in total. The molecule has 10 heteroatoms. The van der Waals surface area contributed by atoms with Crippen LogP contribution >= 0.6 is 23.2 Å². The van der Waals surface area contributed by atoms with Gasteiger partial charge in [0.1, 0.15) is 5.75 Å². The average Bonchev–Trinajstić information content (AvgIpc) is 3.53. The molecule has 1 aromatic heterocycles. The molecule has 1 aliphatic carbocycles. The van der Waals surface area contributed by atoms with Crippen LogP contribution in [0, 0.1) is 6.92 Å². The second-order valence-electron chi connectivity index (χ2n) is 10.8. The molecule has 2 aliphatic heterocycles.